The van der Waals surface area contributed by atoms with Crippen molar-refractivity contribution < 1.29 is 4.79 Å². The average Bonchev–Trinajstić information content (AvgIpc) is 2.60. The predicted octanol–water partition coefficient (Wildman–Crippen LogP) is 2.71. The van der Waals surface area contributed by atoms with Gasteiger partial charge in [0.15, 0.2) is 5.78 Å². The Bertz CT molecular complexity index is 441. The van der Waals surface area contributed by atoms with Crippen molar-refractivity contribution in [2.75, 3.05) is 13.1 Å². The van der Waals surface area contributed by atoms with Gasteiger partial charge in [0, 0.05) is 19.5 Å². The highest BCUT2D eigenvalue weighted by molar-refractivity contribution is 5.99. The van der Waals surface area contributed by atoms with E-state index in [9.17, 15) is 4.79 Å². The summed E-state index contributed by atoms with van der Waals surface area (Å²) in [6.45, 7) is 2.10. The van der Waals surface area contributed by atoms with Gasteiger partial charge < -0.3 is 4.90 Å². The van der Waals surface area contributed by atoms with Crippen LogP contribution in [0.1, 0.15) is 24.8 Å². The van der Waals surface area contributed by atoms with Crippen molar-refractivity contribution in [3.05, 3.63) is 41.6 Å². The lowest BCUT2D eigenvalue weighted by Crippen LogP contribution is -2.30. The first kappa shape index (κ1) is 10.6. The van der Waals surface area contributed by atoms with Gasteiger partial charge >= 0.3 is 0 Å². The third-order valence-corrected chi connectivity index (χ3v) is 3.82. The Kier molecular flexibility index (Phi) is 2.71. The number of carbonyl (C=O) groups is 1. The van der Waals surface area contributed by atoms with Crippen molar-refractivity contribution in [3.63, 3.8) is 0 Å². The third kappa shape index (κ3) is 2.12. The van der Waals surface area contributed by atoms with E-state index < -0.39 is 0 Å². The number of hydrogen-bond acceptors (Lipinski definition) is 2. The Labute approximate surface area is 102 Å². The Hall–Kier alpha value is -1.57. The molecule has 0 saturated carbocycles. The molecule has 0 unspecified atom stereocenters. The first-order valence-electron chi connectivity index (χ1n) is 6.38. The molecular formula is C15H17NO. The summed E-state index contributed by atoms with van der Waals surface area (Å²) in [5, 5.41) is 0. The number of carbonyl (C=O) groups excluding carboxylic acids is 1. The van der Waals surface area contributed by atoms with E-state index in [1.807, 2.05) is 18.2 Å². The number of benzene rings is 1. The van der Waals surface area contributed by atoms with Gasteiger partial charge in [0.2, 0.25) is 0 Å². The second-order valence-electron chi connectivity index (χ2n) is 5.00. The molecule has 1 aromatic carbocycles. The monoisotopic (exact) mass is 227 g/mol. The highest BCUT2D eigenvalue weighted by Crippen LogP contribution is 2.30. The molecule has 0 radical (unpaired) electrons. The van der Waals surface area contributed by atoms with Gasteiger partial charge in [0.1, 0.15) is 0 Å². The molecule has 2 bridgehead atoms. The van der Waals surface area contributed by atoms with Crippen LogP contribution in [0.3, 0.4) is 0 Å². The van der Waals surface area contributed by atoms with Crippen molar-refractivity contribution in [1.82, 2.24) is 4.90 Å². The Balaban J connectivity index is 1.95. The molecule has 2 nitrogen and oxygen atoms in total. The number of allylic oxidation sites excluding steroid dienone is 1. The standard InChI is InChI=1S/C15H17NO/c17-15-11-13-6-8-16(9-7-13)14(15)10-12-4-2-1-3-5-12/h1-5,10,13H,6-9,11H2/b14-10+. The molecule has 3 aliphatic rings. The minimum Gasteiger partial charge on any atom is -0.369 e. The fraction of sp³-hybridized carbons (Fsp3) is 0.400. The molecule has 0 atom stereocenters. The second kappa shape index (κ2) is 4.36. The Morgan fingerprint density at radius 2 is 1.82 bits per heavy atom. The fourth-order valence-corrected chi connectivity index (χ4v) is 2.80. The lowest BCUT2D eigenvalue weighted by Gasteiger charge is -2.28. The summed E-state index contributed by atoms with van der Waals surface area (Å²) in [5.41, 5.74) is 2.05. The van der Waals surface area contributed by atoms with E-state index in [1.54, 1.807) is 0 Å². The fourth-order valence-electron chi connectivity index (χ4n) is 2.80. The smallest absolute Gasteiger partial charge is 0.179 e. The van der Waals surface area contributed by atoms with Gasteiger partial charge in [-0.3, -0.25) is 4.79 Å². The zero-order chi connectivity index (χ0) is 11.7. The van der Waals surface area contributed by atoms with Gasteiger partial charge in [-0.15, -0.1) is 0 Å². The SMILES string of the molecule is O=C1CC2CCN(CC2)/C1=C/c1ccccc1. The molecule has 1 aromatic rings. The topological polar surface area (TPSA) is 20.3 Å². The van der Waals surface area contributed by atoms with Crippen molar-refractivity contribution in [3.8, 4) is 0 Å². The molecule has 4 rings (SSSR count). The molecule has 3 saturated heterocycles. The predicted molar refractivity (Wildman–Crippen MR) is 68.3 cm³/mol. The molecule has 0 amide bonds. The van der Waals surface area contributed by atoms with E-state index in [2.05, 4.69) is 23.1 Å². The Morgan fingerprint density at radius 3 is 2.53 bits per heavy atom. The molecule has 0 N–H and O–H groups in total. The number of hydrogen-bond donors (Lipinski definition) is 0. The van der Waals surface area contributed by atoms with Crippen molar-refractivity contribution >= 4 is 11.9 Å². The molecule has 3 aliphatic heterocycles. The van der Waals surface area contributed by atoms with Crippen LogP contribution in [0.15, 0.2) is 36.0 Å². The lowest BCUT2D eigenvalue weighted by molar-refractivity contribution is -0.116. The molecule has 0 spiro atoms. The molecule has 3 fully saturated rings. The van der Waals surface area contributed by atoms with Crippen LogP contribution in [0.2, 0.25) is 0 Å². The van der Waals surface area contributed by atoms with Crippen molar-refractivity contribution in [2.24, 2.45) is 5.92 Å². The molecule has 0 aromatic heterocycles. The van der Waals surface area contributed by atoms with E-state index in [4.69, 9.17) is 0 Å². The first-order chi connectivity index (χ1) is 8.33. The van der Waals surface area contributed by atoms with E-state index in [1.165, 1.54) is 12.8 Å². The maximum Gasteiger partial charge on any atom is 0.179 e. The van der Waals surface area contributed by atoms with E-state index in [0.29, 0.717) is 11.7 Å². The zero-order valence-corrected chi connectivity index (χ0v) is 9.93. The number of rotatable bonds is 1. The van der Waals surface area contributed by atoms with Gasteiger partial charge in [-0.25, -0.2) is 0 Å². The van der Waals surface area contributed by atoms with Crippen LogP contribution in [0.25, 0.3) is 6.08 Å². The third-order valence-electron chi connectivity index (χ3n) is 3.82. The minimum atomic E-state index is 0.328. The van der Waals surface area contributed by atoms with Gasteiger partial charge in [-0.1, -0.05) is 30.3 Å². The maximum absolute atomic E-state index is 12.2. The van der Waals surface area contributed by atoms with E-state index in [0.717, 1.165) is 30.8 Å². The summed E-state index contributed by atoms with van der Waals surface area (Å²) in [4.78, 5) is 14.4. The zero-order valence-electron chi connectivity index (χ0n) is 9.93. The lowest BCUT2D eigenvalue weighted by atomic mass is 9.95. The summed E-state index contributed by atoms with van der Waals surface area (Å²) in [6.07, 6.45) is 5.15. The average molecular weight is 227 g/mol. The number of piperidine rings is 1. The molecular weight excluding hydrogens is 210 g/mol. The number of ketones is 1. The molecule has 0 aliphatic carbocycles. The first-order valence-corrected chi connectivity index (χ1v) is 6.38. The van der Waals surface area contributed by atoms with Gasteiger partial charge in [-0.2, -0.15) is 0 Å². The van der Waals surface area contributed by atoms with Crippen LogP contribution < -0.4 is 0 Å². The van der Waals surface area contributed by atoms with Crippen LogP contribution in [-0.4, -0.2) is 23.8 Å². The summed E-state index contributed by atoms with van der Waals surface area (Å²) < 4.78 is 0. The van der Waals surface area contributed by atoms with Crippen LogP contribution in [0.5, 0.6) is 0 Å². The maximum atomic E-state index is 12.2. The van der Waals surface area contributed by atoms with Gasteiger partial charge in [0.25, 0.3) is 0 Å². The summed E-state index contributed by atoms with van der Waals surface area (Å²) in [6, 6.07) is 10.1. The summed E-state index contributed by atoms with van der Waals surface area (Å²) in [5.74, 6) is 0.953. The van der Waals surface area contributed by atoms with Crippen molar-refractivity contribution in [2.45, 2.75) is 19.3 Å². The minimum absolute atomic E-state index is 0.328. The quantitative estimate of drug-likeness (QED) is 0.687. The van der Waals surface area contributed by atoms with Crippen molar-refractivity contribution in [1.29, 1.82) is 0 Å². The van der Waals surface area contributed by atoms with E-state index in [-0.39, 0.29) is 0 Å². The molecule has 17 heavy (non-hydrogen) atoms. The molecule has 2 heteroatoms. The van der Waals surface area contributed by atoms with Crippen LogP contribution >= 0.6 is 0 Å². The van der Waals surface area contributed by atoms with Gasteiger partial charge in [0.05, 0.1) is 5.70 Å². The Morgan fingerprint density at radius 1 is 1.12 bits per heavy atom. The van der Waals surface area contributed by atoms with Gasteiger partial charge in [-0.05, 0) is 30.4 Å². The van der Waals surface area contributed by atoms with E-state index >= 15 is 0 Å². The number of fused-ring (bicyclic) bond motifs is 4. The highest BCUT2D eigenvalue weighted by Gasteiger charge is 2.30. The van der Waals surface area contributed by atoms with Crippen LogP contribution in [0, 0.1) is 5.92 Å². The van der Waals surface area contributed by atoms with Crippen LogP contribution in [-0.2, 0) is 4.79 Å². The number of nitrogens with zero attached hydrogens (tertiary/aromatic N) is 1. The largest absolute Gasteiger partial charge is 0.369 e. The number of Topliss-reactive ketones (excluding diaryl/α,β-unsaturated/α-hetero) is 1. The highest BCUT2D eigenvalue weighted by atomic mass is 16.1. The molecule has 88 valence electrons. The normalized spacial score (nSPS) is 23.2. The summed E-state index contributed by atoms with van der Waals surface area (Å²) >= 11 is 0. The summed E-state index contributed by atoms with van der Waals surface area (Å²) in [7, 11) is 0. The molecule has 3 heterocycles. The second-order valence-corrected chi connectivity index (χ2v) is 5.00. The van der Waals surface area contributed by atoms with Crippen LogP contribution in [0.4, 0.5) is 0 Å².